The number of rotatable bonds is 2. The van der Waals surface area contributed by atoms with Crippen LogP contribution in [-0.4, -0.2) is 16.1 Å². The van der Waals surface area contributed by atoms with E-state index in [4.69, 9.17) is 22.4 Å². The first-order valence-electron chi connectivity index (χ1n) is 5.25. The number of anilines is 1. The lowest BCUT2D eigenvalue weighted by Gasteiger charge is -2.08. The van der Waals surface area contributed by atoms with E-state index in [0.29, 0.717) is 10.7 Å². The van der Waals surface area contributed by atoms with Crippen LogP contribution in [0, 0.1) is 6.92 Å². The topological polar surface area (TPSA) is 76.2 Å². The lowest BCUT2D eigenvalue weighted by molar-refractivity contribution is 0.0692. The Balaban J connectivity index is 2.58. The first-order chi connectivity index (χ1) is 8.49. The molecule has 0 spiro atoms. The number of hydrogen-bond donors (Lipinski definition) is 2. The van der Waals surface area contributed by atoms with Gasteiger partial charge in [0.25, 0.3) is 0 Å². The van der Waals surface area contributed by atoms with E-state index < -0.39 is 5.97 Å². The zero-order valence-electron chi connectivity index (χ0n) is 9.64. The molecular weight excluding hydrogens is 252 g/mol. The maximum absolute atomic E-state index is 11.0. The minimum Gasteiger partial charge on any atom is -0.476 e. The molecule has 2 aromatic rings. The van der Waals surface area contributed by atoms with E-state index in [1.807, 2.05) is 13.0 Å². The van der Waals surface area contributed by atoms with Gasteiger partial charge in [0.2, 0.25) is 0 Å². The third-order valence-electron chi connectivity index (χ3n) is 2.59. The Morgan fingerprint density at radius 2 is 2.06 bits per heavy atom. The normalized spacial score (nSPS) is 10.3. The Morgan fingerprint density at radius 3 is 2.67 bits per heavy atom. The SMILES string of the molecule is Cc1cc(Cl)ccc1-c1ccc(N)c(C(=O)O)n1. The molecule has 0 atom stereocenters. The highest BCUT2D eigenvalue weighted by Gasteiger charge is 2.12. The number of aryl methyl sites for hydroxylation is 1. The second-order valence-corrected chi connectivity index (χ2v) is 4.34. The molecule has 92 valence electrons. The third-order valence-corrected chi connectivity index (χ3v) is 2.83. The summed E-state index contributed by atoms with van der Waals surface area (Å²) in [5.41, 5.74) is 7.91. The number of aromatic carboxylic acids is 1. The number of pyridine rings is 1. The highest BCUT2D eigenvalue weighted by molar-refractivity contribution is 6.30. The van der Waals surface area contributed by atoms with Crippen molar-refractivity contribution in [1.29, 1.82) is 0 Å². The predicted octanol–water partition coefficient (Wildman–Crippen LogP) is 2.99. The van der Waals surface area contributed by atoms with Crippen LogP contribution in [-0.2, 0) is 0 Å². The Labute approximate surface area is 109 Å². The summed E-state index contributed by atoms with van der Waals surface area (Å²) in [4.78, 5) is 15.0. The number of halogens is 1. The molecule has 0 aliphatic carbocycles. The molecule has 0 amide bonds. The smallest absolute Gasteiger partial charge is 0.356 e. The second-order valence-electron chi connectivity index (χ2n) is 3.90. The summed E-state index contributed by atoms with van der Waals surface area (Å²) in [6.45, 7) is 1.89. The van der Waals surface area contributed by atoms with Gasteiger partial charge >= 0.3 is 5.97 Å². The van der Waals surface area contributed by atoms with Crippen LogP contribution in [0.25, 0.3) is 11.3 Å². The summed E-state index contributed by atoms with van der Waals surface area (Å²) in [6, 6.07) is 8.58. The van der Waals surface area contributed by atoms with E-state index in [-0.39, 0.29) is 11.4 Å². The average molecular weight is 263 g/mol. The molecule has 1 aromatic carbocycles. The molecule has 5 heteroatoms. The van der Waals surface area contributed by atoms with E-state index in [1.165, 1.54) is 0 Å². The molecule has 0 radical (unpaired) electrons. The maximum Gasteiger partial charge on any atom is 0.356 e. The average Bonchev–Trinajstić information content (AvgIpc) is 2.30. The van der Waals surface area contributed by atoms with E-state index >= 15 is 0 Å². The highest BCUT2D eigenvalue weighted by Crippen LogP contribution is 2.26. The number of benzene rings is 1. The van der Waals surface area contributed by atoms with Crippen molar-refractivity contribution in [1.82, 2.24) is 4.98 Å². The Kier molecular flexibility index (Phi) is 3.21. The van der Waals surface area contributed by atoms with Crippen molar-refractivity contribution < 1.29 is 9.90 Å². The van der Waals surface area contributed by atoms with Crippen LogP contribution >= 0.6 is 11.6 Å². The van der Waals surface area contributed by atoms with Gasteiger partial charge < -0.3 is 10.8 Å². The van der Waals surface area contributed by atoms with Crippen molar-refractivity contribution >= 4 is 23.3 Å². The lowest BCUT2D eigenvalue weighted by atomic mass is 10.0. The Hall–Kier alpha value is -2.07. The quantitative estimate of drug-likeness (QED) is 0.872. The van der Waals surface area contributed by atoms with Crippen molar-refractivity contribution in [2.45, 2.75) is 6.92 Å². The first-order valence-corrected chi connectivity index (χ1v) is 5.63. The van der Waals surface area contributed by atoms with E-state index in [2.05, 4.69) is 4.98 Å². The Morgan fingerprint density at radius 1 is 1.33 bits per heavy atom. The molecule has 1 aromatic heterocycles. The van der Waals surface area contributed by atoms with Gasteiger partial charge in [0.15, 0.2) is 5.69 Å². The van der Waals surface area contributed by atoms with Gasteiger partial charge in [-0.25, -0.2) is 9.78 Å². The molecule has 4 nitrogen and oxygen atoms in total. The van der Waals surface area contributed by atoms with Gasteiger partial charge in [0.1, 0.15) is 0 Å². The monoisotopic (exact) mass is 262 g/mol. The van der Waals surface area contributed by atoms with Crippen molar-refractivity contribution in [2.24, 2.45) is 0 Å². The van der Waals surface area contributed by atoms with Gasteiger partial charge in [0.05, 0.1) is 11.4 Å². The molecule has 3 N–H and O–H groups in total. The van der Waals surface area contributed by atoms with Crippen LogP contribution in [0.3, 0.4) is 0 Å². The number of carboxylic acid groups (broad SMARTS) is 1. The van der Waals surface area contributed by atoms with Crippen LogP contribution in [0.2, 0.25) is 5.02 Å². The first kappa shape index (κ1) is 12.4. The molecule has 18 heavy (non-hydrogen) atoms. The van der Waals surface area contributed by atoms with Crippen molar-refractivity contribution in [3.05, 3.63) is 46.6 Å². The summed E-state index contributed by atoms with van der Waals surface area (Å²) in [6.07, 6.45) is 0. The molecule has 0 saturated heterocycles. The molecule has 0 bridgehead atoms. The van der Waals surface area contributed by atoms with E-state index in [0.717, 1.165) is 11.1 Å². The molecule has 2 rings (SSSR count). The van der Waals surface area contributed by atoms with Crippen LogP contribution < -0.4 is 5.73 Å². The molecule has 1 heterocycles. The number of nitrogen functional groups attached to an aromatic ring is 1. The maximum atomic E-state index is 11.0. The fourth-order valence-electron chi connectivity index (χ4n) is 1.71. The molecule has 0 fully saturated rings. The van der Waals surface area contributed by atoms with Gasteiger partial charge in [-0.2, -0.15) is 0 Å². The van der Waals surface area contributed by atoms with Gasteiger partial charge in [-0.1, -0.05) is 17.7 Å². The second kappa shape index (κ2) is 4.66. The van der Waals surface area contributed by atoms with E-state index in [9.17, 15) is 4.79 Å². The minimum absolute atomic E-state index is 0.137. The summed E-state index contributed by atoms with van der Waals surface area (Å²) in [5, 5.41) is 9.62. The van der Waals surface area contributed by atoms with Crippen LogP contribution in [0.4, 0.5) is 5.69 Å². The number of nitrogens with zero attached hydrogens (tertiary/aromatic N) is 1. The Bertz CT molecular complexity index is 626. The summed E-state index contributed by atoms with van der Waals surface area (Å²) in [5.74, 6) is -1.14. The summed E-state index contributed by atoms with van der Waals surface area (Å²) < 4.78 is 0. The highest BCUT2D eigenvalue weighted by atomic mass is 35.5. The molecule has 0 aliphatic heterocycles. The van der Waals surface area contributed by atoms with Gasteiger partial charge in [-0.15, -0.1) is 0 Å². The van der Waals surface area contributed by atoms with Crippen molar-refractivity contribution in [3.8, 4) is 11.3 Å². The fourth-order valence-corrected chi connectivity index (χ4v) is 1.93. The largest absolute Gasteiger partial charge is 0.476 e. The van der Waals surface area contributed by atoms with Crippen molar-refractivity contribution in [3.63, 3.8) is 0 Å². The predicted molar refractivity (Wildman–Crippen MR) is 70.8 cm³/mol. The standard InChI is InChI=1S/C13H11ClN2O2/c1-7-6-8(14)2-3-9(7)11-5-4-10(15)12(16-11)13(17)18/h2-6H,15H2,1H3,(H,17,18). The number of nitrogens with two attached hydrogens (primary N) is 1. The number of carbonyl (C=O) groups is 1. The van der Waals surface area contributed by atoms with Crippen LogP contribution in [0.1, 0.15) is 16.1 Å². The number of hydrogen-bond acceptors (Lipinski definition) is 3. The fraction of sp³-hybridized carbons (Fsp3) is 0.0769. The minimum atomic E-state index is -1.14. The molecule has 0 unspecified atom stereocenters. The van der Waals surface area contributed by atoms with Gasteiger partial charge in [-0.05, 0) is 36.8 Å². The summed E-state index contributed by atoms with van der Waals surface area (Å²) >= 11 is 5.88. The molecule has 0 saturated carbocycles. The zero-order chi connectivity index (χ0) is 13.3. The molecule has 0 aliphatic rings. The zero-order valence-corrected chi connectivity index (χ0v) is 10.4. The third kappa shape index (κ3) is 2.28. The van der Waals surface area contributed by atoms with Crippen molar-refractivity contribution in [2.75, 3.05) is 5.73 Å². The van der Waals surface area contributed by atoms with Gasteiger partial charge in [-0.3, -0.25) is 0 Å². The van der Waals surface area contributed by atoms with Gasteiger partial charge in [0, 0.05) is 10.6 Å². The van der Waals surface area contributed by atoms with E-state index in [1.54, 1.807) is 24.3 Å². The number of carboxylic acids is 1. The number of aromatic nitrogens is 1. The molecular formula is C13H11ClN2O2. The lowest BCUT2D eigenvalue weighted by Crippen LogP contribution is -2.06. The summed E-state index contributed by atoms with van der Waals surface area (Å²) in [7, 11) is 0. The van der Waals surface area contributed by atoms with Crippen LogP contribution in [0.15, 0.2) is 30.3 Å². The van der Waals surface area contributed by atoms with Crippen LogP contribution in [0.5, 0.6) is 0 Å².